The van der Waals surface area contributed by atoms with Gasteiger partial charge in [-0.05, 0) is 74.3 Å². The second-order valence-electron chi connectivity index (χ2n) is 6.26. The predicted molar refractivity (Wildman–Crippen MR) is 89.3 cm³/mol. The summed E-state index contributed by atoms with van der Waals surface area (Å²) in [5.74, 6) is -0.265. The molecule has 0 spiro atoms. The van der Waals surface area contributed by atoms with Crippen LogP contribution in [0.5, 0.6) is 0 Å². The zero-order valence-corrected chi connectivity index (χ0v) is 15.1. The highest BCUT2D eigenvalue weighted by Gasteiger charge is 2.17. The summed E-state index contributed by atoms with van der Waals surface area (Å²) in [5.41, 5.74) is 0.390. The maximum Gasteiger partial charge on any atom is 0.407 e. The van der Waals surface area contributed by atoms with Crippen molar-refractivity contribution >= 4 is 22.0 Å². The minimum atomic E-state index is -0.492. The van der Waals surface area contributed by atoms with E-state index in [2.05, 4.69) is 26.6 Å². The third-order valence-corrected chi connectivity index (χ3v) is 3.47. The highest BCUT2D eigenvalue weighted by Crippen LogP contribution is 2.16. The van der Waals surface area contributed by atoms with Gasteiger partial charge >= 0.3 is 6.09 Å². The molecule has 1 unspecified atom stereocenters. The van der Waals surface area contributed by atoms with Gasteiger partial charge in [0.25, 0.3) is 0 Å². The quantitative estimate of drug-likeness (QED) is 0.740. The molecule has 4 nitrogen and oxygen atoms in total. The van der Waals surface area contributed by atoms with Crippen molar-refractivity contribution < 1.29 is 13.9 Å². The first kappa shape index (κ1) is 18.9. The molecule has 2 N–H and O–H groups in total. The largest absolute Gasteiger partial charge is 0.444 e. The summed E-state index contributed by atoms with van der Waals surface area (Å²) in [5, 5.41) is 6.01. The lowest BCUT2D eigenvalue weighted by atomic mass is 10.2. The van der Waals surface area contributed by atoms with Gasteiger partial charge in [-0.15, -0.1) is 0 Å². The fraction of sp³-hybridized carbons (Fsp3) is 0.562. The van der Waals surface area contributed by atoms with Crippen LogP contribution < -0.4 is 10.6 Å². The van der Waals surface area contributed by atoms with Crippen LogP contribution in [0.1, 0.15) is 39.7 Å². The molecule has 0 heterocycles. The summed E-state index contributed by atoms with van der Waals surface area (Å²) in [6, 6.07) is 5.06. The molecule has 1 rings (SSSR count). The monoisotopic (exact) mass is 374 g/mol. The topological polar surface area (TPSA) is 50.4 Å². The Kier molecular flexibility index (Phi) is 7.29. The highest BCUT2D eigenvalue weighted by molar-refractivity contribution is 9.10. The van der Waals surface area contributed by atoms with Gasteiger partial charge in [-0.2, -0.15) is 0 Å². The van der Waals surface area contributed by atoms with Crippen molar-refractivity contribution in [3.63, 3.8) is 0 Å². The van der Waals surface area contributed by atoms with Gasteiger partial charge in [0, 0.05) is 12.6 Å². The van der Waals surface area contributed by atoms with Crippen LogP contribution in [0.25, 0.3) is 0 Å². The Hall–Kier alpha value is -1.14. The molecule has 1 amide bonds. The molecule has 124 valence electrons. The molecule has 0 aliphatic carbocycles. The zero-order valence-electron chi connectivity index (χ0n) is 13.5. The minimum Gasteiger partial charge on any atom is -0.444 e. The SMILES string of the molecule is CC(CCNCc1ccc(Br)c(F)c1)NC(=O)OC(C)(C)C. The standard InChI is InChI=1S/C16H24BrFN2O2/c1-11(20-15(21)22-16(2,3)4)7-8-19-10-12-5-6-13(17)14(18)9-12/h5-6,9,11,19H,7-8,10H2,1-4H3,(H,20,21). The van der Waals surface area contributed by atoms with Crippen molar-refractivity contribution in [1.82, 2.24) is 10.6 Å². The fourth-order valence-corrected chi connectivity index (χ4v) is 2.03. The molecule has 0 saturated carbocycles. The molecular formula is C16H24BrFN2O2. The summed E-state index contributed by atoms with van der Waals surface area (Å²) in [6.45, 7) is 8.71. The Morgan fingerprint density at radius 2 is 2.09 bits per heavy atom. The van der Waals surface area contributed by atoms with E-state index in [1.54, 1.807) is 6.07 Å². The molecule has 0 bridgehead atoms. The van der Waals surface area contributed by atoms with Crippen molar-refractivity contribution in [3.8, 4) is 0 Å². The molecular weight excluding hydrogens is 351 g/mol. The van der Waals surface area contributed by atoms with E-state index in [9.17, 15) is 9.18 Å². The zero-order chi connectivity index (χ0) is 16.8. The first-order valence-corrected chi connectivity index (χ1v) is 8.11. The van der Waals surface area contributed by atoms with Crippen LogP contribution in [0.3, 0.4) is 0 Å². The van der Waals surface area contributed by atoms with Crippen LogP contribution in [0.4, 0.5) is 9.18 Å². The number of hydrogen-bond acceptors (Lipinski definition) is 3. The number of alkyl carbamates (subject to hydrolysis) is 1. The van der Waals surface area contributed by atoms with Crippen LogP contribution in [-0.4, -0.2) is 24.3 Å². The smallest absolute Gasteiger partial charge is 0.407 e. The van der Waals surface area contributed by atoms with Crippen LogP contribution in [0, 0.1) is 5.82 Å². The first-order chi connectivity index (χ1) is 10.2. The van der Waals surface area contributed by atoms with Crippen LogP contribution >= 0.6 is 15.9 Å². The molecule has 6 heteroatoms. The van der Waals surface area contributed by atoms with Crippen LogP contribution in [0.2, 0.25) is 0 Å². The van der Waals surface area contributed by atoms with Gasteiger partial charge in [0.05, 0.1) is 4.47 Å². The van der Waals surface area contributed by atoms with Gasteiger partial charge in [-0.3, -0.25) is 0 Å². The summed E-state index contributed by atoms with van der Waals surface area (Å²) in [6.07, 6.45) is 0.355. The molecule has 0 radical (unpaired) electrons. The Bertz CT molecular complexity index is 503. The second kappa shape index (κ2) is 8.48. The number of benzene rings is 1. The minimum absolute atomic E-state index is 0.00371. The normalized spacial score (nSPS) is 12.8. The molecule has 1 aromatic rings. The Morgan fingerprint density at radius 3 is 2.68 bits per heavy atom. The Labute approximate surface area is 139 Å². The highest BCUT2D eigenvalue weighted by atomic mass is 79.9. The average molecular weight is 375 g/mol. The predicted octanol–water partition coefficient (Wildman–Crippen LogP) is 3.98. The summed E-state index contributed by atoms with van der Waals surface area (Å²) >= 11 is 3.13. The number of ether oxygens (including phenoxy) is 1. The number of halogens is 2. The van der Waals surface area contributed by atoms with E-state index in [0.717, 1.165) is 12.0 Å². The van der Waals surface area contributed by atoms with Crippen molar-refractivity contribution in [2.75, 3.05) is 6.54 Å². The number of carbonyl (C=O) groups is 1. The maximum absolute atomic E-state index is 13.4. The van der Waals surface area contributed by atoms with Gasteiger partial charge in [0.1, 0.15) is 11.4 Å². The van der Waals surface area contributed by atoms with Crippen LogP contribution in [-0.2, 0) is 11.3 Å². The summed E-state index contributed by atoms with van der Waals surface area (Å²) in [7, 11) is 0. The van der Waals surface area contributed by atoms with Gasteiger partial charge in [0.15, 0.2) is 0 Å². The molecule has 0 saturated heterocycles. The van der Waals surface area contributed by atoms with Gasteiger partial charge < -0.3 is 15.4 Å². The molecule has 0 aliphatic rings. The molecule has 0 aromatic heterocycles. The van der Waals surface area contributed by atoms with E-state index < -0.39 is 11.7 Å². The van der Waals surface area contributed by atoms with Crippen molar-refractivity contribution in [1.29, 1.82) is 0 Å². The molecule has 22 heavy (non-hydrogen) atoms. The third-order valence-electron chi connectivity index (χ3n) is 2.83. The Morgan fingerprint density at radius 1 is 1.41 bits per heavy atom. The van der Waals surface area contributed by atoms with E-state index in [1.165, 1.54) is 6.07 Å². The molecule has 0 fully saturated rings. The first-order valence-electron chi connectivity index (χ1n) is 7.31. The molecule has 0 aliphatic heterocycles. The van der Waals surface area contributed by atoms with E-state index in [-0.39, 0.29) is 11.9 Å². The van der Waals surface area contributed by atoms with E-state index >= 15 is 0 Å². The number of hydrogen-bond donors (Lipinski definition) is 2. The lowest BCUT2D eigenvalue weighted by molar-refractivity contribution is 0.0506. The maximum atomic E-state index is 13.4. The van der Waals surface area contributed by atoms with E-state index in [4.69, 9.17) is 4.74 Å². The van der Waals surface area contributed by atoms with Gasteiger partial charge in [0.2, 0.25) is 0 Å². The van der Waals surface area contributed by atoms with E-state index in [0.29, 0.717) is 17.6 Å². The van der Waals surface area contributed by atoms with Gasteiger partial charge in [-0.1, -0.05) is 6.07 Å². The number of carbonyl (C=O) groups excluding carboxylic acids is 1. The molecule has 1 atom stereocenters. The lowest BCUT2D eigenvalue weighted by Crippen LogP contribution is -2.38. The van der Waals surface area contributed by atoms with Crippen molar-refractivity contribution in [2.45, 2.75) is 52.3 Å². The Balaban J connectivity index is 2.23. The number of rotatable bonds is 6. The van der Waals surface area contributed by atoms with Gasteiger partial charge in [-0.25, -0.2) is 9.18 Å². The van der Waals surface area contributed by atoms with E-state index in [1.807, 2.05) is 33.8 Å². The average Bonchev–Trinajstić information content (AvgIpc) is 2.36. The summed E-state index contributed by atoms with van der Waals surface area (Å²) in [4.78, 5) is 11.6. The lowest BCUT2D eigenvalue weighted by Gasteiger charge is -2.22. The number of nitrogens with one attached hydrogen (secondary N) is 2. The molecule has 1 aromatic carbocycles. The van der Waals surface area contributed by atoms with Crippen molar-refractivity contribution in [3.05, 3.63) is 34.1 Å². The third kappa shape index (κ3) is 7.75. The number of amides is 1. The fourth-order valence-electron chi connectivity index (χ4n) is 1.78. The summed E-state index contributed by atoms with van der Waals surface area (Å²) < 4.78 is 19.0. The van der Waals surface area contributed by atoms with Crippen LogP contribution in [0.15, 0.2) is 22.7 Å². The van der Waals surface area contributed by atoms with Crippen molar-refractivity contribution in [2.24, 2.45) is 0 Å². The second-order valence-corrected chi connectivity index (χ2v) is 7.12.